The summed E-state index contributed by atoms with van der Waals surface area (Å²) in [6.07, 6.45) is 18.7. The van der Waals surface area contributed by atoms with E-state index in [1.165, 1.54) is 89.9 Å². The van der Waals surface area contributed by atoms with E-state index in [0.29, 0.717) is 21.7 Å². The SMILES string of the molecule is CCCCCCOC(C)(C)CC1(C)CCC2C(C1)C1(C)C3(CC(C)(C)OCCCCCC)CC231. The van der Waals surface area contributed by atoms with E-state index in [9.17, 15) is 0 Å². The van der Waals surface area contributed by atoms with Crippen molar-refractivity contribution < 1.29 is 9.47 Å². The van der Waals surface area contributed by atoms with Gasteiger partial charge in [0.2, 0.25) is 0 Å². The van der Waals surface area contributed by atoms with E-state index in [-0.39, 0.29) is 11.2 Å². The van der Waals surface area contributed by atoms with Gasteiger partial charge in [-0.3, -0.25) is 0 Å². The van der Waals surface area contributed by atoms with Crippen molar-refractivity contribution in [3.8, 4) is 0 Å². The summed E-state index contributed by atoms with van der Waals surface area (Å²) in [4.78, 5) is 0. The van der Waals surface area contributed by atoms with Crippen LogP contribution in [0.5, 0.6) is 0 Å². The smallest absolute Gasteiger partial charge is 0.0632 e. The Kier molecular flexibility index (Phi) is 7.41. The van der Waals surface area contributed by atoms with Crippen molar-refractivity contribution in [1.82, 2.24) is 0 Å². The molecule has 0 radical (unpaired) electrons. The van der Waals surface area contributed by atoms with Crippen LogP contribution < -0.4 is 0 Å². The first kappa shape index (κ1) is 27.0. The number of ether oxygens (including phenoxy) is 2. The standard InChI is InChI=1S/C32H58O2/c1-9-11-13-15-19-33-27(3,4)22-29(7)18-17-25-26(21-29)30(8)31(24-32(25,30)31)23-28(5,6)34-20-16-14-12-10-2/h25-26H,9-24H2,1-8H3. The van der Waals surface area contributed by atoms with Crippen molar-refractivity contribution >= 4 is 0 Å². The zero-order chi connectivity index (χ0) is 24.9. The lowest BCUT2D eigenvalue weighted by Gasteiger charge is -2.59. The molecule has 0 aromatic carbocycles. The van der Waals surface area contributed by atoms with Gasteiger partial charge in [-0.15, -0.1) is 0 Å². The van der Waals surface area contributed by atoms with Crippen LogP contribution in [0.4, 0.5) is 0 Å². The van der Waals surface area contributed by atoms with Crippen molar-refractivity contribution in [2.24, 2.45) is 33.5 Å². The van der Waals surface area contributed by atoms with Crippen molar-refractivity contribution in [3.63, 3.8) is 0 Å². The molecule has 0 N–H and O–H groups in total. The topological polar surface area (TPSA) is 18.5 Å². The van der Waals surface area contributed by atoms with Gasteiger partial charge in [0.1, 0.15) is 0 Å². The molecule has 0 aromatic heterocycles. The average molecular weight is 475 g/mol. The van der Waals surface area contributed by atoms with Crippen LogP contribution >= 0.6 is 0 Å². The van der Waals surface area contributed by atoms with Crippen molar-refractivity contribution in [1.29, 1.82) is 0 Å². The van der Waals surface area contributed by atoms with Crippen LogP contribution in [0.15, 0.2) is 0 Å². The average Bonchev–Trinajstić information content (AvgIpc) is 3.53. The molecule has 4 aliphatic carbocycles. The molecule has 0 bridgehead atoms. The van der Waals surface area contributed by atoms with Crippen molar-refractivity contribution in [2.75, 3.05) is 13.2 Å². The predicted molar refractivity (Wildman–Crippen MR) is 144 cm³/mol. The zero-order valence-corrected chi connectivity index (χ0v) is 24.3. The summed E-state index contributed by atoms with van der Waals surface area (Å²) in [5, 5.41) is 0. The first-order valence-corrected chi connectivity index (χ1v) is 15.2. The van der Waals surface area contributed by atoms with E-state index in [0.717, 1.165) is 25.0 Å². The van der Waals surface area contributed by atoms with Crippen molar-refractivity contribution in [3.05, 3.63) is 0 Å². The lowest BCUT2D eigenvalue weighted by molar-refractivity contribution is -0.122. The van der Waals surface area contributed by atoms with Gasteiger partial charge >= 0.3 is 0 Å². The van der Waals surface area contributed by atoms with Crippen LogP contribution in [0.1, 0.15) is 145 Å². The number of unbranched alkanes of at least 4 members (excludes halogenated alkanes) is 6. The van der Waals surface area contributed by atoms with E-state index >= 15 is 0 Å². The van der Waals surface area contributed by atoms with E-state index in [4.69, 9.17) is 9.47 Å². The van der Waals surface area contributed by atoms with Gasteiger partial charge in [0.15, 0.2) is 0 Å². The van der Waals surface area contributed by atoms with Gasteiger partial charge in [0.25, 0.3) is 0 Å². The normalized spacial score (nSPS) is 40.2. The largest absolute Gasteiger partial charge is 0.376 e. The molecular formula is C32H58O2. The highest BCUT2D eigenvalue weighted by atomic mass is 16.5. The third kappa shape index (κ3) is 4.33. The molecule has 2 heteroatoms. The summed E-state index contributed by atoms with van der Waals surface area (Å²) in [6.45, 7) is 21.2. The fourth-order valence-electron chi connectivity index (χ4n) is 10.0. The van der Waals surface area contributed by atoms with Gasteiger partial charge in [-0.2, -0.15) is 0 Å². The number of fused-ring (bicyclic) bond motifs is 3. The Bertz CT molecular complexity index is 712. The molecule has 4 saturated carbocycles. The summed E-state index contributed by atoms with van der Waals surface area (Å²) in [5.41, 5.74) is 2.42. The molecule has 4 aliphatic rings. The molecule has 198 valence electrons. The minimum atomic E-state index is 0.00784. The Hall–Kier alpha value is -0.0800. The third-order valence-corrected chi connectivity index (χ3v) is 11.4. The molecule has 6 unspecified atom stereocenters. The number of hydrogen-bond donors (Lipinski definition) is 0. The lowest BCUT2D eigenvalue weighted by Crippen LogP contribution is -2.52. The fraction of sp³-hybridized carbons (Fsp3) is 1.00. The summed E-state index contributed by atoms with van der Waals surface area (Å²) in [6, 6.07) is 0. The summed E-state index contributed by atoms with van der Waals surface area (Å²) in [5.74, 6) is 1.95. The van der Waals surface area contributed by atoms with E-state index in [1.54, 1.807) is 0 Å². The number of hydrogen-bond acceptors (Lipinski definition) is 2. The summed E-state index contributed by atoms with van der Waals surface area (Å²) < 4.78 is 12.9. The molecule has 1 spiro atoms. The molecular weight excluding hydrogens is 416 g/mol. The van der Waals surface area contributed by atoms with E-state index in [1.807, 2.05) is 0 Å². The second-order valence-electron chi connectivity index (χ2n) is 14.9. The first-order valence-electron chi connectivity index (χ1n) is 15.2. The van der Waals surface area contributed by atoms with Crippen molar-refractivity contribution in [2.45, 2.75) is 156 Å². The molecule has 0 amide bonds. The predicted octanol–water partition coefficient (Wildman–Crippen LogP) is 9.35. The molecule has 6 atom stereocenters. The third-order valence-electron chi connectivity index (χ3n) is 11.4. The second kappa shape index (κ2) is 9.34. The molecule has 0 saturated heterocycles. The van der Waals surface area contributed by atoms with Gasteiger partial charge in [-0.1, -0.05) is 66.2 Å². The monoisotopic (exact) mass is 474 g/mol. The summed E-state index contributed by atoms with van der Waals surface area (Å²) in [7, 11) is 0. The molecule has 0 heterocycles. The number of rotatable bonds is 16. The Balaban J connectivity index is 1.29. The molecule has 4 rings (SSSR count). The first-order chi connectivity index (χ1) is 15.9. The minimum Gasteiger partial charge on any atom is -0.376 e. The Morgan fingerprint density at radius 3 is 1.85 bits per heavy atom. The maximum Gasteiger partial charge on any atom is 0.0632 e. The fourth-order valence-corrected chi connectivity index (χ4v) is 10.0. The van der Waals surface area contributed by atoms with Crippen LogP contribution in [-0.2, 0) is 9.47 Å². The van der Waals surface area contributed by atoms with Gasteiger partial charge in [0, 0.05) is 13.2 Å². The highest BCUT2D eigenvalue weighted by molar-refractivity contribution is 5.53. The quantitative estimate of drug-likeness (QED) is 0.207. The van der Waals surface area contributed by atoms with Gasteiger partial charge in [-0.05, 0) is 113 Å². The molecule has 2 nitrogen and oxygen atoms in total. The highest BCUT2D eigenvalue weighted by Crippen LogP contribution is 3.11. The maximum atomic E-state index is 6.49. The second-order valence-corrected chi connectivity index (χ2v) is 14.9. The lowest BCUT2D eigenvalue weighted by atomic mass is 9.46. The molecule has 0 aromatic rings. The van der Waals surface area contributed by atoms with E-state index in [2.05, 4.69) is 55.4 Å². The molecule has 34 heavy (non-hydrogen) atoms. The minimum absolute atomic E-state index is 0.00784. The maximum absolute atomic E-state index is 6.49. The van der Waals surface area contributed by atoms with Crippen LogP contribution in [0.2, 0.25) is 0 Å². The highest BCUT2D eigenvalue weighted by Gasteiger charge is 3.06. The van der Waals surface area contributed by atoms with Gasteiger partial charge in [-0.25, -0.2) is 0 Å². The molecule has 4 fully saturated rings. The Morgan fingerprint density at radius 2 is 1.29 bits per heavy atom. The zero-order valence-electron chi connectivity index (χ0n) is 24.3. The van der Waals surface area contributed by atoms with Gasteiger partial charge in [0.05, 0.1) is 11.2 Å². The Labute approximate surface area is 212 Å². The Morgan fingerprint density at radius 1 is 0.735 bits per heavy atom. The van der Waals surface area contributed by atoms with Gasteiger partial charge < -0.3 is 9.47 Å². The van der Waals surface area contributed by atoms with Crippen LogP contribution in [0.3, 0.4) is 0 Å². The molecule has 0 aliphatic heterocycles. The van der Waals surface area contributed by atoms with Crippen LogP contribution in [0, 0.1) is 33.5 Å². The summed E-state index contributed by atoms with van der Waals surface area (Å²) >= 11 is 0. The van der Waals surface area contributed by atoms with Crippen LogP contribution in [-0.4, -0.2) is 24.4 Å². The van der Waals surface area contributed by atoms with Crippen LogP contribution in [0.25, 0.3) is 0 Å². The van der Waals surface area contributed by atoms with E-state index < -0.39 is 0 Å².